The van der Waals surface area contributed by atoms with Gasteiger partial charge in [-0.3, -0.25) is 9.35 Å². The Morgan fingerprint density at radius 1 is 1.26 bits per heavy atom. The van der Waals surface area contributed by atoms with Gasteiger partial charge in [0.15, 0.2) is 0 Å². The van der Waals surface area contributed by atoms with E-state index in [2.05, 4.69) is 5.32 Å². The maximum absolute atomic E-state index is 11.7. The van der Waals surface area contributed by atoms with Gasteiger partial charge in [-0.25, -0.2) is 0 Å². The molecule has 1 aromatic rings. The van der Waals surface area contributed by atoms with Crippen molar-refractivity contribution in [3.05, 3.63) is 29.0 Å². The zero-order valence-electron chi connectivity index (χ0n) is 14.2. The Morgan fingerprint density at radius 3 is 2.22 bits per heavy atom. The zero-order chi connectivity index (χ0) is 17.9. The van der Waals surface area contributed by atoms with Gasteiger partial charge in [0.05, 0.1) is 18.7 Å². The van der Waals surface area contributed by atoms with Crippen molar-refractivity contribution in [3.63, 3.8) is 0 Å². The number of methoxy groups -OCH3 is 1. The molecule has 1 unspecified atom stereocenters. The molecule has 1 atom stereocenters. The molecule has 0 saturated carbocycles. The van der Waals surface area contributed by atoms with E-state index in [1.165, 1.54) is 20.1 Å². The van der Waals surface area contributed by atoms with E-state index >= 15 is 0 Å². The summed E-state index contributed by atoms with van der Waals surface area (Å²) in [5, 5.41) is 3.16. The molecule has 0 fully saturated rings. The van der Waals surface area contributed by atoms with E-state index in [1.807, 2.05) is 13.8 Å². The number of carbonyl (C=O) groups is 1. The maximum Gasteiger partial charge on any atom is 0.294 e. The first-order valence-electron chi connectivity index (χ1n) is 7.10. The minimum atomic E-state index is -4.33. The van der Waals surface area contributed by atoms with Crippen molar-refractivity contribution >= 4 is 21.6 Å². The van der Waals surface area contributed by atoms with Gasteiger partial charge in [-0.15, -0.1) is 0 Å². The standard InChI is InChI=1S/C16H23NO5S/c1-9(2)16(11(4)12(5)18)17-13-7-10(3)15(23(19,20)21)8-14(13)22-6/h7-8,11,17H,1-6H3,(H,19,20,21). The normalized spacial score (nSPS) is 12.5. The van der Waals surface area contributed by atoms with E-state index in [9.17, 15) is 17.8 Å². The van der Waals surface area contributed by atoms with Crippen LogP contribution in [0.4, 0.5) is 5.69 Å². The highest BCUT2D eigenvalue weighted by molar-refractivity contribution is 7.85. The van der Waals surface area contributed by atoms with Crippen LogP contribution < -0.4 is 10.1 Å². The van der Waals surface area contributed by atoms with Gasteiger partial charge in [-0.1, -0.05) is 5.57 Å². The molecule has 0 heterocycles. The summed E-state index contributed by atoms with van der Waals surface area (Å²) in [5.41, 5.74) is 2.57. The molecule has 7 heteroatoms. The van der Waals surface area contributed by atoms with Crippen molar-refractivity contribution in [1.82, 2.24) is 0 Å². The predicted octanol–water partition coefficient (Wildman–Crippen LogP) is 3.18. The van der Waals surface area contributed by atoms with E-state index in [0.717, 1.165) is 11.3 Å². The fraction of sp³-hybridized carbons (Fsp3) is 0.438. The largest absolute Gasteiger partial charge is 0.495 e. The molecule has 0 saturated heterocycles. The van der Waals surface area contributed by atoms with Gasteiger partial charge in [0, 0.05) is 11.8 Å². The summed E-state index contributed by atoms with van der Waals surface area (Å²) < 4.78 is 37.2. The summed E-state index contributed by atoms with van der Waals surface area (Å²) in [4.78, 5) is 11.5. The number of hydrogen-bond donors (Lipinski definition) is 2. The van der Waals surface area contributed by atoms with Gasteiger partial charge < -0.3 is 10.1 Å². The second-order valence-electron chi connectivity index (χ2n) is 5.66. The highest BCUT2D eigenvalue weighted by atomic mass is 32.2. The summed E-state index contributed by atoms with van der Waals surface area (Å²) in [6.07, 6.45) is 0. The number of anilines is 1. The summed E-state index contributed by atoms with van der Waals surface area (Å²) >= 11 is 0. The molecule has 23 heavy (non-hydrogen) atoms. The van der Waals surface area contributed by atoms with Crippen molar-refractivity contribution in [2.45, 2.75) is 39.5 Å². The number of rotatable bonds is 6. The van der Waals surface area contributed by atoms with Gasteiger partial charge in [0.1, 0.15) is 16.4 Å². The minimum Gasteiger partial charge on any atom is -0.495 e. The van der Waals surface area contributed by atoms with Crippen LogP contribution in [-0.4, -0.2) is 25.9 Å². The third kappa shape index (κ3) is 4.56. The number of benzene rings is 1. The lowest BCUT2D eigenvalue weighted by Crippen LogP contribution is -2.18. The average molecular weight is 341 g/mol. The molecular formula is C16H23NO5S. The van der Waals surface area contributed by atoms with Crippen molar-refractivity contribution in [1.29, 1.82) is 0 Å². The Balaban J connectivity index is 3.42. The molecule has 6 nitrogen and oxygen atoms in total. The van der Waals surface area contributed by atoms with Gasteiger partial charge in [-0.05, 0) is 46.2 Å². The molecule has 0 aliphatic carbocycles. The first-order valence-corrected chi connectivity index (χ1v) is 8.54. The van der Waals surface area contributed by atoms with Crippen LogP contribution in [0.3, 0.4) is 0 Å². The molecule has 0 amide bonds. The van der Waals surface area contributed by atoms with Gasteiger partial charge in [0.2, 0.25) is 0 Å². The van der Waals surface area contributed by atoms with Gasteiger partial charge in [0.25, 0.3) is 10.1 Å². The van der Waals surface area contributed by atoms with Crippen LogP contribution in [-0.2, 0) is 14.9 Å². The highest BCUT2D eigenvalue weighted by Gasteiger charge is 2.20. The second kappa shape index (κ2) is 7.14. The molecule has 0 aliphatic rings. The molecule has 0 aliphatic heterocycles. The van der Waals surface area contributed by atoms with Crippen LogP contribution in [0.2, 0.25) is 0 Å². The van der Waals surface area contributed by atoms with E-state index < -0.39 is 10.1 Å². The van der Waals surface area contributed by atoms with Crippen LogP contribution >= 0.6 is 0 Å². The van der Waals surface area contributed by atoms with Crippen LogP contribution in [0.1, 0.15) is 33.3 Å². The first kappa shape index (κ1) is 19.2. The van der Waals surface area contributed by atoms with Crippen molar-refractivity contribution in [2.75, 3.05) is 12.4 Å². The van der Waals surface area contributed by atoms with Crippen molar-refractivity contribution in [2.24, 2.45) is 5.92 Å². The van der Waals surface area contributed by atoms with Crippen molar-refractivity contribution < 1.29 is 22.5 Å². The first-order chi connectivity index (χ1) is 10.5. The maximum atomic E-state index is 11.7. The molecule has 1 aromatic carbocycles. The lowest BCUT2D eigenvalue weighted by atomic mass is 9.99. The third-order valence-corrected chi connectivity index (χ3v) is 4.62. The minimum absolute atomic E-state index is 0.0129. The summed E-state index contributed by atoms with van der Waals surface area (Å²) in [7, 11) is -2.93. The van der Waals surface area contributed by atoms with Crippen LogP contribution in [0.15, 0.2) is 28.3 Å². The Hall–Kier alpha value is -1.86. The Labute approximate surface area is 137 Å². The Kier molecular flexibility index (Phi) is 5.96. The number of ether oxygens (including phenoxy) is 1. The highest BCUT2D eigenvalue weighted by Crippen LogP contribution is 2.33. The monoisotopic (exact) mass is 341 g/mol. The molecule has 128 valence electrons. The van der Waals surface area contributed by atoms with Gasteiger partial charge in [-0.2, -0.15) is 8.42 Å². The molecule has 1 rings (SSSR count). The molecule has 0 bridgehead atoms. The number of carbonyl (C=O) groups excluding carboxylic acids is 1. The SMILES string of the molecule is COc1cc(S(=O)(=O)O)c(C)cc1NC(=C(C)C)C(C)C(C)=O. The second-order valence-corrected chi connectivity index (χ2v) is 7.05. The zero-order valence-corrected chi connectivity index (χ0v) is 15.0. The topological polar surface area (TPSA) is 92.7 Å². The molecular weight excluding hydrogens is 318 g/mol. The number of Topliss-reactive ketones (excluding diaryl/α,β-unsaturated/α-hetero) is 1. The average Bonchev–Trinajstić information content (AvgIpc) is 2.42. The van der Waals surface area contributed by atoms with Crippen molar-refractivity contribution in [3.8, 4) is 5.75 Å². The van der Waals surface area contributed by atoms with E-state index in [0.29, 0.717) is 11.3 Å². The lowest BCUT2D eigenvalue weighted by Gasteiger charge is -2.20. The fourth-order valence-electron chi connectivity index (χ4n) is 2.23. The number of allylic oxidation sites excluding steroid dienone is 2. The third-order valence-electron chi connectivity index (χ3n) is 3.63. The molecule has 0 spiro atoms. The number of hydrogen-bond acceptors (Lipinski definition) is 5. The van der Waals surface area contributed by atoms with E-state index in [-0.39, 0.29) is 22.3 Å². The predicted molar refractivity (Wildman–Crippen MR) is 89.4 cm³/mol. The smallest absolute Gasteiger partial charge is 0.294 e. The quantitative estimate of drug-likeness (QED) is 0.772. The van der Waals surface area contributed by atoms with Gasteiger partial charge >= 0.3 is 0 Å². The number of nitrogens with one attached hydrogen (secondary N) is 1. The van der Waals surface area contributed by atoms with E-state index in [4.69, 9.17) is 4.74 Å². The summed E-state index contributed by atoms with van der Waals surface area (Å²) in [6.45, 7) is 8.65. The van der Waals surface area contributed by atoms with E-state index in [1.54, 1.807) is 19.9 Å². The molecule has 2 N–H and O–H groups in total. The van der Waals surface area contributed by atoms with Crippen LogP contribution in [0.5, 0.6) is 5.75 Å². The van der Waals surface area contributed by atoms with Crippen LogP contribution in [0.25, 0.3) is 0 Å². The fourth-order valence-corrected chi connectivity index (χ4v) is 2.95. The summed E-state index contributed by atoms with van der Waals surface area (Å²) in [6, 6.07) is 2.83. The molecule has 0 radical (unpaired) electrons. The van der Waals surface area contributed by atoms with Crippen LogP contribution in [0, 0.1) is 12.8 Å². The summed E-state index contributed by atoms with van der Waals surface area (Å²) in [5.74, 6) is -0.0528. The number of aryl methyl sites for hydroxylation is 1. The Bertz CT molecular complexity index is 746. The lowest BCUT2D eigenvalue weighted by molar-refractivity contribution is -0.119. The molecule has 0 aromatic heterocycles. The number of ketones is 1. The Morgan fingerprint density at radius 2 is 1.83 bits per heavy atom.